The van der Waals surface area contributed by atoms with Crippen molar-refractivity contribution in [3.05, 3.63) is 60.2 Å². The van der Waals surface area contributed by atoms with Crippen LogP contribution in [0.15, 0.2) is 54.6 Å². The van der Waals surface area contributed by atoms with E-state index in [-0.39, 0.29) is 5.91 Å². The fourth-order valence-electron chi connectivity index (χ4n) is 2.28. The summed E-state index contributed by atoms with van der Waals surface area (Å²) in [7, 11) is 0. The van der Waals surface area contributed by atoms with Gasteiger partial charge in [0.25, 0.3) is 0 Å². The maximum Gasteiger partial charge on any atom is 0.221 e. The quantitative estimate of drug-likeness (QED) is 0.747. The van der Waals surface area contributed by atoms with E-state index < -0.39 is 0 Å². The lowest BCUT2D eigenvalue weighted by atomic mass is 10.1. The Kier molecular flexibility index (Phi) is 6.98. The molecule has 2 aromatic rings. The minimum Gasteiger partial charge on any atom is -0.492 e. The summed E-state index contributed by atoms with van der Waals surface area (Å²) in [5.74, 6) is 0.877. The smallest absolute Gasteiger partial charge is 0.221 e. The summed E-state index contributed by atoms with van der Waals surface area (Å²) in [5.41, 5.74) is 2.16. The summed E-state index contributed by atoms with van der Waals surface area (Å²) in [6, 6.07) is 17.9. The van der Waals surface area contributed by atoms with E-state index in [2.05, 4.69) is 22.8 Å². The molecule has 1 amide bonds. The maximum absolute atomic E-state index is 11.9. The largest absolute Gasteiger partial charge is 0.492 e. The molecule has 0 spiro atoms. The van der Waals surface area contributed by atoms with Crippen LogP contribution in [0.5, 0.6) is 5.75 Å². The van der Waals surface area contributed by atoms with Crippen molar-refractivity contribution >= 4 is 11.6 Å². The molecule has 2 rings (SSSR count). The molecule has 2 aromatic carbocycles. The Bertz CT molecular complexity index is 599. The summed E-state index contributed by atoms with van der Waals surface area (Å²) in [6.07, 6.45) is 1.29. The Hall–Kier alpha value is -2.49. The summed E-state index contributed by atoms with van der Waals surface area (Å²) in [5, 5.41) is 6.20. The van der Waals surface area contributed by atoms with Crippen LogP contribution in [0.2, 0.25) is 0 Å². The average molecular weight is 312 g/mol. The molecule has 4 nitrogen and oxygen atoms in total. The fourth-order valence-corrected chi connectivity index (χ4v) is 2.28. The Labute approximate surface area is 137 Å². The van der Waals surface area contributed by atoms with Gasteiger partial charge in [0, 0.05) is 19.5 Å². The van der Waals surface area contributed by atoms with Crippen molar-refractivity contribution in [2.75, 3.05) is 25.0 Å². The average Bonchev–Trinajstić information content (AvgIpc) is 2.58. The molecule has 0 fully saturated rings. The fraction of sp³-hybridized carbons (Fsp3) is 0.316. The lowest BCUT2D eigenvalue weighted by Gasteiger charge is -2.12. The number of hydrogen-bond donors (Lipinski definition) is 2. The van der Waals surface area contributed by atoms with Crippen LogP contribution in [0.1, 0.15) is 18.9 Å². The minimum absolute atomic E-state index is 0.0577. The van der Waals surface area contributed by atoms with E-state index in [0.717, 1.165) is 17.9 Å². The van der Waals surface area contributed by atoms with Gasteiger partial charge >= 0.3 is 0 Å². The number of rotatable bonds is 9. The van der Waals surface area contributed by atoms with E-state index in [1.54, 1.807) is 0 Å². The highest BCUT2D eigenvalue weighted by molar-refractivity contribution is 5.76. The van der Waals surface area contributed by atoms with Gasteiger partial charge in [0.2, 0.25) is 5.91 Å². The van der Waals surface area contributed by atoms with Crippen molar-refractivity contribution < 1.29 is 9.53 Å². The second-order valence-corrected chi connectivity index (χ2v) is 5.19. The van der Waals surface area contributed by atoms with Gasteiger partial charge in [-0.3, -0.25) is 4.79 Å². The van der Waals surface area contributed by atoms with Crippen LogP contribution in [-0.2, 0) is 11.2 Å². The third-order valence-corrected chi connectivity index (χ3v) is 3.43. The van der Waals surface area contributed by atoms with Crippen LogP contribution in [-0.4, -0.2) is 25.6 Å². The van der Waals surface area contributed by atoms with E-state index in [4.69, 9.17) is 4.74 Å². The van der Waals surface area contributed by atoms with Gasteiger partial charge in [-0.1, -0.05) is 42.5 Å². The van der Waals surface area contributed by atoms with Crippen molar-refractivity contribution in [2.24, 2.45) is 0 Å². The van der Waals surface area contributed by atoms with Crippen LogP contribution >= 0.6 is 0 Å². The van der Waals surface area contributed by atoms with Gasteiger partial charge in [-0.25, -0.2) is 0 Å². The maximum atomic E-state index is 11.9. The molecule has 23 heavy (non-hydrogen) atoms. The van der Waals surface area contributed by atoms with Gasteiger partial charge in [-0.05, 0) is 31.0 Å². The number of ether oxygens (including phenoxy) is 1. The van der Waals surface area contributed by atoms with E-state index >= 15 is 0 Å². The van der Waals surface area contributed by atoms with Gasteiger partial charge in [0.1, 0.15) is 5.75 Å². The van der Waals surface area contributed by atoms with E-state index in [1.165, 1.54) is 5.56 Å². The van der Waals surface area contributed by atoms with Gasteiger partial charge in [-0.2, -0.15) is 0 Å². The molecule has 0 bridgehead atoms. The van der Waals surface area contributed by atoms with Crippen molar-refractivity contribution in [1.82, 2.24) is 5.32 Å². The van der Waals surface area contributed by atoms with Crippen molar-refractivity contribution in [1.29, 1.82) is 0 Å². The zero-order valence-corrected chi connectivity index (χ0v) is 13.5. The molecule has 0 aliphatic carbocycles. The summed E-state index contributed by atoms with van der Waals surface area (Å²) in [4.78, 5) is 11.9. The van der Waals surface area contributed by atoms with Crippen LogP contribution in [0.4, 0.5) is 5.69 Å². The Morgan fingerprint density at radius 3 is 2.52 bits per heavy atom. The normalized spacial score (nSPS) is 10.1. The topological polar surface area (TPSA) is 50.4 Å². The molecule has 4 heteroatoms. The number of carbonyl (C=O) groups is 1. The van der Waals surface area contributed by atoms with E-state index in [1.807, 2.05) is 49.4 Å². The zero-order chi connectivity index (χ0) is 16.3. The molecule has 0 saturated carbocycles. The first-order valence-corrected chi connectivity index (χ1v) is 8.06. The number of hydrogen-bond acceptors (Lipinski definition) is 3. The van der Waals surface area contributed by atoms with Gasteiger partial charge in [0.05, 0.1) is 12.3 Å². The van der Waals surface area contributed by atoms with Crippen LogP contribution in [0.3, 0.4) is 0 Å². The third-order valence-electron chi connectivity index (χ3n) is 3.43. The summed E-state index contributed by atoms with van der Waals surface area (Å²) < 4.78 is 5.55. The Morgan fingerprint density at radius 1 is 1.00 bits per heavy atom. The molecule has 0 aliphatic rings. The summed E-state index contributed by atoms with van der Waals surface area (Å²) in [6.45, 7) is 3.83. The summed E-state index contributed by atoms with van der Waals surface area (Å²) >= 11 is 0. The molecule has 0 unspecified atom stereocenters. The first kappa shape index (κ1) is 16.9. The number of para-hydroxylation sites is 2. The number of amides is 1. The lowest BCUT2D eigenvalue weighted by molar-refractivity contribution is -0.120. The van der Waals surface area contributed by atoms with Crippen molar-refractivity contribution in [3.8, 4) is 5.75 Å². The number of benzene rings is 2. The molecule has 122 valence electrons. The third kappa shape index (κ3) is 6.02. The van der Waals surface area contributed by atoms with Crippen LogP contribution < -0.4 is 15.4 Å². The molecule has 0 heterocycles. The number of carbonyl (C=O) groups excluding carboxylic acids is 1. The number of nitrogens with one attached hydrogen (secondary N) is 2. The molecule has 0 atom stereocenters. The van der Waals surface area contributed by atoms with Crippen molar-refractivity contribution in [2.45, 2.75) is 19.8 Å². The van der Waals surface area contributed by atoms with E-state index in [0.29, 0.717) is 26.1 Å². The molecule has 0 aromatic heterocycles. The van der Waals surface area contributed by atoms with Crippen LogP contribution in [0.25, 0.3) is 0 Å². The van der Waals surface area contributed by atoms with Gasteiger partial charge < -0.3 is 15.4 Å². The molecule has 0 radical (unpaired) electrons. The predicted octanol–water partition coefficient (Wildman–Crippen LogP) is 3.25. The molecule has 0 saturated heterocycles. The molecule has 0 aliphatic heterocycles. The van der Waals surface area contributed by atoms with Crippen molar-refractivity contribution in [3.63, 3.8) is 0 Å². The minimum atomic E-state index is 0.0577. The standard InChI is InChI=1S/C19H24N2O2/c1-2-23-18-11-7-6-10-17(18)20-15-13-19(22)21-14-12-16-8-4-3-5-9-16/h3-11,20H,2,12-15H2,1H3,(H,21,22). The second-order valence-electron chi connectivity index (χ2n) is 5.19. The Balaban J connectivity index is 1.67. The molecule has 2 N–H and O–H groups in total. The first-order valence-electron chi connectivity index (χ1n) is 8.06. The van der Waals surface area contributed by atoms with Gasteiger partial charge in [-0.15, -0.1) is 0 Å². The predicted molar refractivity (Wildman–Crippen MR) is 93.9 cm³/mol. The SMILES string of the molecule is CCOc1ccccc1NCCC(=O)NCCc1ccccc1. The highest BCUT2D eigenvalue weighted by atomic mass is 16.5. The zero-order valence-electron chi connectivity index (χ0n) is 13.5. The number of anilines is 1. The molecular weight excluding hydrogens is 288 g/mol. The monoisotopic (exact) mass is 312 g/mol. The lowest BCUT2D eigenvalue weighted by Crippen LogP contribution is -2.27. The molecular formula is C19H24N2O2. The van der Waals surface area contributed by atoms with Crippen LogP contribution in [0, 0.1) is 0 Å². The second kappa shape index (κ2) is 9.51. The van der Waals surface area contributed by atoms with Gasteiger partial charge in [0.15, 0.2) is 0 Å². The Morgan fingerprint density at radius 2 is 1.74 bits per heavy atom. The van der Waals surface area contributed by atoms with E-state index in [9.17, 15) is 4.79 Å². The first-order chi connectivity index (χ1) is 11.3. The highest BCUT2D eigenvalue weighted by Gasteiger charge is 2.04. The highest BCUT2D eigenvalue weighted by Crippen LogP contribution is 2.23.